The van der Waals surface area contributed by atoms with Gasteiger partial charge in [-0.05, 0) is 52.3 Å². The van der Waals surface area contributed by atoms with Gasteiger partial charge in [-0.25, -0.2) is 4.90 Å². The zero-order chi connectivity index (χ0) is 19.0. The molecule has 4 rings (SSSR count). The number of rotatable bonds is 4. The van der Waals surface area contributed by atoms with E-state index < -0.39 is 0 Å². The van der Waals surface area contributed by atoms with Gasteiger partial charge >= 0.3 is 0 Å². The number of halogens is 2. The first-order chi connectivity index (χ1) is 13.0. The van der Waals surface area contributed by atoms with Crippen LogP contribution in [0.1, 0.15) is 11.3 Å². The minimum atomic E-state index is -0.355. The molecule has 2 aliphatic heterocycles. The highest BCUT2D eigenvalue weighted by molar-refractivity contribution is 9.11. The third-order valence-corrected chi connectivity index (χ3v) is 6.92. The first-order valence-corrected chi connectivity index (χ1v) is 10.8. The van der Waals surface area contributed by atoms with Gasteiger partial charge in [0.2, 0.25) is 5.91 Å². The maximum Gasteiger partial charge on any atom is 0.251 e. The molecule has 0 bridgehead atoms. The summed E-state index contributed by atoms with van der Waals surface area (Å²) in [4.78, 5) is 32.5. The molecule has 2 aromatic rings. The molecule has 8 heteroatoms. The number of thiophene rings is 1. The number of imide groups is 1. The van der Waals surface area contributed by atoms with Crippen molar-refractivity contribution in [1.82, 2.24) is 9.80 Å². The van der Waals surface area contributed by atoms with Gasteiger partial charge in [-0.15, -0.1) is 11.3 Å². The molecule has 142 valence electrons. The molecule has 1 aromatic carbocycles. The molecule has 0 spiro atoms. The third kappa shape index (κ3) is 4.12. The van der Waals surface area contributed by atoms with E-state index in [9.17, 15) is 9.59 Å². The van der Waals surface area contributed by atoms with E-state index in [1.54, 1.807) is 35.6 Å². The number of anilines is 1. The highest BCUT2D eigenvalue weighted by Gasteiger charge is 2.43. The molecule has 0 aliphatic carbocycles. The van der Waals surface area contributed by atoms with Crippen LogP contribution in [-0.4, -0.2) is 53.8 Å². The second-order valence-electron chi connectivity index (χ2n) is 6.78. The van der Waals surface area contributed by atoms with Crippen molar-refractivity contribution >= 4 is 56.4 Å². The van der Waals surface area contributed by atoms with Crippen LogP contribution in [0.25, 0.3) is 0 Å². The lowest BCUT2D eigenvalue weighted by Crippen LogP contribution is -2.52. The fourth-order valence-electron chi connectivity index (χ4n) is 3.65. The number of carbonyl (C=O) groups is 2. The maximum absolute atomic E-state index is 12.9. The minimum Gasteiger partial charge on any atom is -0.296 e. The SMILES string of the molecule is O=C1C[C@H](N2CCN(Cc3ccc(Br)s3)CC2)C(=O)N1c1ccc(Cl)cc1. The number of hydrogen-bond acceptors (Lipinski definition) is 5. The van der Waals surface area contributed by atoms with E-state index in [2.05, 4.69) is 37.9 Å². The van der Waals surface area contributed by atoms with Gasteiger partial charge in [0.15, 0.2) is 0 Å². The van der Waals surface area contributed by atoms with Crippen LogP contribution in [0.5, 0.6) is 0 Å². The third-order valence-electron chi connectivity index (χ3n) is 5.06. The van der Waals surface area contributed by atoms with Gasteiger partial charge in [0.1, 0.15) is 0 Å². The summed E-state index contributed by atoms with van der Waals surface area (Å²) in [5.74, 6) is -0.267. The molecule has 2 aliphatic rings. The van der Waals surface area contributed by atoms with E-state index in [-0.39, 0.29) is 24.3 Å². The predicted molar refractivity (Wildman–Crippen MR) is 111 cm³/mol. The Morgan fingerprint density at radius 3 is 2.37 bits per heavy atom. The zero-order valence-electron chi connectivity index (χ0n) is 14.6. The van der Waals surface area contributed by atoms with E-state index in [4.69, 9.17) is 11.6 Å². The molecule has 0 radical (unpaired) electrons. The monoisotopic (exact) mass is 467 g/mol. The Balaban J connectivity index is 1.38. The van der Waals surface area contributed by atoms with E-state index >= 15 is 0 Å². The first-order valence-electron chi connectivity index (χ1n) is 8.84. The van der Waals surface area contributed by atoms with Crippen molar-refractivity contribution in [3.8, 4) is 0 Å². The number of piperazine rings is 1. The van der Waals surface area contributed by atoms with Gasteiger partial charge < -0.3 is 0 Å². The first kappa shape index (κ1) is 19.1. The Morgan fingerprint density at radius 2 is 1.74 bits per heavy atom. The fourth-order valence-corrected chi connectivity index (χ4v) is 5.30. The minimum absolute atomic E-state index is 0.127. The lowest BCUT2D eigenvalue weighted by molar-refractivity contribution is -0.123. The van der Waals surface area contributed by atoms with Crippen LogP contribution < -0.4 is 4.90 Å². The molecule has 2 amide bonds. The van der Waals surface area contributed by atoms with Gasteiger partial charge in [0.25, 0.3) is 5.91 Å². The number of hydrogen-bond donors (Lipinski definition) is 0. The van der Waals surface area contributed by atoms with Crippen LogP contribution >= 0.6 is 38.9 Å². The average Bonchev–Trinajstić information content (AvgIpc) is 3.19. The van der Waals surface area contributed by atoms with E-state index in [0.29, 0.717) is 10.7 Å². The summed E-state index contributed by atoms with van der Waals surface area (Å²) < 4.78 is 1.15. The van der Waals surface area contributed by atoms with Gasteiger partial charge in [-0.2, -0.15) is 0 Å². The quantitative estimate of drug-likeness (QED) is 0.643. The summed E-state index contributed by atoms with van der Waals surface area (Å²) in [7, 11) is 0. The van der Waals surface area contributed by atoms with Crippen LogP contribution in [0.2, 0.25) is 5.02 Å². The van der Waals surface area contributed by atoms with Crippen LogP contribution in [0.4, 0.5) is 5.69 Å². The topological polar surface area (TPSA) is 43.9 Å². The Morgan fingerprint density at radius 1 is 1.04 bits per heavy atom. The normalized spacial score (nSPS) is 22.0. The van der Waals surface area contributed by atoms with Gasteiger partial charge in [-0.3, -0.25) is 19.4 Å². The summed E-state index contributed by atoms with van der Waals surface area (Å²) in [5.41, 5.74) is 0.596. The van der Waals surface area contributed by atoms with Crippen molar-refractivity contribution in [2.45, 2.75) is 19.0 Å². The predicted octanol–water partition coefficient (Wildman–Crippen LogP) is 3.61. The molecule has 0 unspecified atom stereocenters. The molecular formula is C19H19BrClN3O2S. The molecule has 5 nitrogen and oxygen atoms in total. The van der Waals surface area contributed by atoms with Crippen LogP contribution in [0.15, 0.2) is 40.2 Å². The molecule has 0 saturated carbocycles. The van der Waals surface area contributed by atoms with Gasteiger partial charge in [0, 0.05) is 42.6 Å². The fraction of sp³-hybridized carbons (Fsp3) is 0.368. The van der Waals surface area contributed by atoms with Gasteiger partial charge in [-0.1, -0.05) is 11.6 Å². The molecule has 27 heavy (non-hydrogen) atoms. The van der Waals surface area contributed by atoms with E-state index in [0.717, 1.165) is 36.5 Å². The van der Waals surface area contributed by atoms with Crippen LogP contribution in [0, 0.1) is 0 Å². The summed E-state index contributed by atoms with van der Waals surface area (Å²) in [6.45, 7) is 4.32. The Kier molecular flexibility index (Phi) is 5.66. The highest BCUT2D eigenvalue weighted by atomic mass is 79.9. The van der Waals surface area contributed by atoms with Crippen molar-refractivity contribution in [3.05, 3.63) is 50.1 Å². The number of benzene rings is 1. The van der Waals surface area contributed by atoms with Crippen molar-refractivity contribution in [3.63, 3.8) is 0 Å². The van der Waals surface area contributed by atoms with Crippen LogP contribution in [0.3, 0.4) is 0 Å². The standard InChI is InChI=1S/C19H19BrClN3O2S/c20-17-6-5-15(27-17)12-22-7-9-23(10-8-22)16-11-18(25)24(19(16)26)14-3-1-13(21)2-4-14/h1-6,16H,7-12H2/t16-/m0/s1. The molecule has 1 aromatic heterocycles. The second kappa shape index (κ2) is 8.01. The number of amides is 2. The summed E-state index contributed by atoms with van der Waals surface area (Å²) in [5, 5.41) is 0.586. The van der Waals surface area contributed by atoms with Gasteiger partial charge in [0.05, 0.1) is 21.9 Å². The number of nitrogens with zero attached hydrogens (tertiary/aromatic N) is 3. The second-order valence-corrected chi connectivity index (χ2v) is 9.77. The lowest BCUT2D eigenvalue weighted by atomic mass is 10.1. The van der Waals surface area contributed by atoms with Crippen molar-refractivity contribution < 1.29 is 9.59 Å². The Hall–Kier alpha value is -1.25. The smallest absolute Gasteiger partial charge is 0.251 e. The van der Waals surface area contributed by atoms with Crippen LogP contribution in [-0.2, 0) is 16.1 Å². The Labute approximate surface area is 175 Å². The summed E-state index contributed by atoms with van der Waals surface area (Å²) in [6.07, 6.45) is 0.249. The zero-order valence-corrected chi connectivity index (χ0v) is 17.8. The molecular weight excluding hydrogens is 450 g/mol. The van der Waals surface area contributed by atoms with E-state index in [1.807, 2.05) is 0 Å². The largest absolute Gasteiger partial charge is 0.296 e. The van der Waals surface area contributed by atoms with E-state index in [1.165, 1.54) is 9.78 Å². The molecule has 1 atom stereocenters. The number of carbonyl (C=O) groups excluding carboxylic acids is 2. The molecule has 2 saturated heterocycles. The van der Waals surface area contributed by atoms with Crippen molar-refractivity contribution in [2.24, 2.45) is 0 Å². The Bertz CT molecular complexity index is 849. The highest BCUT2D eigenvalue weighted by Crippen LogP contribution is 2.28. The summed E-state index contributed by atoms with van der Waals surface area (Å²) >= 11 is 11.2. The molecule has 3 heterocycles. The average molecular weight is 469 g/mol. The van der Waals surface area contributed by atoms with Crippen molar-refractivity contribution in [1.29, 1.82) is 0 Å². The molecule has 0 N–H and O–H groups in total. The van der Waals surface area contributed by atoms with Crippen molar-refractivity contribution in [2.75, 3.05) is 31.1 Å². The summed E-state index contributed by atoms with van der Waals surface area (Å²) in [6, 6.07) is 10.7. The molecule has 2 fully saturated rings. The lowest BCUT2D eigenvalue weighted by Gasteiger charge is -2.36. The maximum atomic E-state index is 12.9.